The molecule has 1 aliphatic carbocycles. The Labute approximate surface area is 192 Å². The molecule has 4 N–H and O–H groups in total. The number of fused-ring (bicyclic) bond motifs is 1. The summed E-state index contributed by atoms with van der Waals surface area (Å²) in [5.74, 6) is -0.0392. The molecule has 0 spiro atoms. The molecule has 10 heteroatoms. The van der Waals surface area contributed by atoms with Gasteiger partial charge in [0.05, 0.1) is 18.5 Å². The van der Waals surface area contributed by atoms with Crippen molar-refractivity contribution in [2.24, 2.45) is 5.92 Å². The molecule has 176 valence electrons. The molecular weight excluding hydrogens is 424 g/mol. The van der Waals surface area contributed by atoms with E-state index in [1.54, 1.807) is 15.8 Å². The van der Waals surface area contributed by atoms with Gasteiger partial charge in [-0.25, -0.2) is 19.7 Å². The van der Waals surface area contributed by atoms with Gasteiger partial charge >= 0.3 is 6.09 Å². The average molecular weight is 455 g/mol. The number of ether oxygens (including phenoxy) is 1. The van der Waals surface area contributed by atoms with Crippen LogP contribution in [-0.4, -0.2) is 65.1 Å². The van der Waals surface area contributed by atoms with Gasteiger partial charge in [0.2, 0.25) is 0 Å². The zero-order valence-electron chi connectivity index (χ0n) is 19.0. The Morgan fingerprint density at radius 1 is 1.21 bits per heavy atom. The van der Waals surface area contributed by atoms with Crippen molar-refractivity contribution in [1.29, 1.82) is 0 Å². The summed E-state index contributed by atoms with van der Waals surface area (Å²) in [5.41, 5.74) is 7.11. The van der Waals surface area contributed by atoms with Crippen LogP contribution in [0, 0.1) is 5.92 Å². The third-order valence-electron chi connectivity index (χ3n) is 5.80. The van der Waals surface area contributed by atoms with E-state index in [1.165, 1.54) is 6.33 Å². The third-order valence-corrected chi connectivity index (χ3v) is 5.80. The lowest BCUT2D eigenvalue weighted by atomic mass is 10.0. The van der Waals surface area contributed by atoms with Gasteiger partial charge in [-0.3, -0.25) is 0 Å². The molecule has 0 saturated heterocycles. The number of benzene rings is 1. The molecule has 10 nitrogen and oxygen atoms in total. The van der Waals surface area contributed by atoms with Crippen molar-refractivity contribution in [2.75, 3.05) is 12.3 Å². The number of hydrogen-bond donors (Lipinski definition) is 3. The van der Waals surface area contributed by atoms with E-state index in [4.69, 9.17) is 10.5 Å². The molecule has 2 heterocycles. The molecule has 0 radical (unpaired) electrons. The summed E-state index contributed by atoms with van der Waals surface area (Å²) in [5, 5.41) is 21.4. The van der Waals surface area contributed by atoms with Gasteiger partial charge in [0.15, 0.2) is 11.5 Å². The second-order valence-electron chi connectivity index (χ2n) is 9.47. The summed E-state index contributed by atoms with van der Waals surface area (Å²) in [7, 11) is 0. The molecule has 1 saturated carbocycles. The molecule has 0 unspecified atom stereocenters. The third kappa shape index (κ3) is 4.91. The number of aliphatic hydroxyl groups is 2. The van der Waals surface area contributed by atoms with Crippen LogP contribution >= 0.6 is 0 Å². The Hall–Kier alpha value is -3.24. The summed E-state index contributed by atoms with van der Waals surface area (Å²) in [6, 6.07) is 9.07. The van der Waals surface area contributed by atoms with E-state index in [2.05, 4.69) is 15.0 Å². The number of hydrogen-bond acceptors (Lipinski definition) is 8. The maximum absolute atomic E-state index is 13.1. The zero-order valence-corrected chi connectivity index (χ0v) is 19.0. The van der Waals surface area contributed by atoms with Gasteiger partial charge in [-0.2, -0.15) is 0 Å². The van der Waals surface area contributed by atoms with Gasteiger partial charge in [-0.05, 0) is 32.8 Å². The molecule has 4 rings (SSSR count). The number of anilines is 1. The zero-order chi connectivity index (χ0) is 23.8. The van der Waals surface area contributed by atoms with Crippen LogP contribution in [0.25, 0.3) is 11.2 Å². The van der Waals surface area contributed by atoms with Crippen molar-refractivity contribution in [3.63, 3.8) is 0 Å². The first kappa shape index (κ1) is 22.9. The highest BCUT2D eigenvalue weighted by Gasteiger charge is 2.45. The summed E-state index contributed by atoms with van der Waals surface area (Å²) in [4.78, 5) is 27.2. The minimum atomic E-state index is -1.05. The minimum absolute atomic E-state index is 0.239. The van der Waals surface area contributed by atoms with Crippen molar-refractivity contribution in [3.8, 4) is 0 Å². The van der Waals surface area contributed by atoms with Crippen molar-refractivity contribution in [2.45, 2.75) is 57.6 Å². The van der Waals surface area contributed by atoms with Crippen molar-refractivity contribution < 1.29 is 19.7 Å². The number of aromatic nitrogens is 4. The maximum Gasteiger partial charge on any atom is 0.410 e. The quantitative estimate of drug-likeness (QED) is 0.533. The first-order chi connectivity index (χ1) is 15.6. The van der Waals surface area contributed by atoms with Crippen LogP contribution in [0.2, 0.25) is 0 Å². The highest BCUT2D eigenvalue weighted by atomic mass is 16.6. The molecule has 1 aliphatic rings. The van der Waals surface area contributed by atoms with E-state index >= 15 is 0 Å². The number of carbonyl (C=O) groups excluding carboxylic acids is 1. The van der Waals surface area contributed by atoms with Gasteiger partial charge in [0.25, 0.3) is 0 Å². The number of rotatable bonds is 5. The Bertz CT molecular complexity index is 1110. The number of imidazole rings is 1. The number of nitrogens with zero attached hydrogens (tertiary/aromatic N) is 5. The summed E-state index contributed by atoms with van der Waals surface area (Å²) in [6.45, 7) is 6.06. The van der Waals surface area contributed by atoms with Gasteiger partial charge in [0.1, 0.15) is 23.5 Å². The normalized spacial score (nSPS) is 23.1. The predicted octanol–water partition coefficient (Wildman–Crippen LogP) is 2.13. The van der Waals surface area contributed by atoms with E-state index in [-0.39, 0.29) is 18.3 Å². The molecule has 0 aliphatic heterocycles. The van der Waals surface area contributed by atoms with E-state index < -0.39 is 29.9 Å². The summed E-state index contributed by atoms with van der Waals surface area (Å²) < 4.78 is 7.37. The number of amides is 1. The van der Waals surface area contributed by atoms with Gasteiger partial charge < -0.3 is 30.2 Å². The molecule has 1 fully saturated rings. The number of nitrogens with two attached hydrogens (primary N) is 1. The van der Waals surface area contributed by atoms with Crippen molar-refractivity contribution in [3.05, 3.63) is 48.5 Å². The van der Waals surface area contributed by atoms with E-state index in [0.717, 1.165) is 5.56 Å². The molecule has 0 bridgehead atoms. The highest BCUT2D eigenvalue weighted by molar-refractivity contribution is 5.81. The smallest absolute Gasteiger partial charge is 0.410 e. The topological polar surface area (TPSA) is 140 Å². The van der Waals surface area contributed by atoms with Crippen LogP contribution in [0.1, 0.15) is 38.8 Å². The van der Waals surface area contributed by atoms with Gasteiger partial charge in [-0.15, -0.1) is 0 Å². The predicted molar refractivity (Wildman–Crippen MR) is 122 cm³/mol. The monoisotopic (exact) mass is 454 g/mol. The Morgan fingerprint density at radius 3 is 2.64 bits per heavy atom. The second kappa shape index (κ2) is 8.95. The fourth-order valence-corrected chi connectivity index (χ4v) is 4.37. The lowest BCUT2D eigenvalue weighted by Gasteiger charge is -2.32. The fraction of sp³-hybridized carbons (Fsp3) is 0.478. The average Bonchev–Trinajstić information content (AvgIpc) is 3.28. The molecule has 33 heavy (non-hydrogen) atoms. The van der Waals surface area contributed by atoms with Crippen LogP contribution in [0.4, 0.5) is 10.6 Å². The lowest BCUT2D eigenvalue weighted by molar-refractivity contribution is 0.0149. The van der Waals surface area contributed by atoms with Crippen molar-refractivity contribution in [1.82, 2.24) is 24.4 Å². The van der Waals surface area contributed by atoms with Crippen LogP contribution < -0.4 is 5.73 Å². The number of carbonyl (C=O) groups is 1. The lowest BCUT2D eigenvalue weighted by Crippen LogP contribution is -2.40. The van der Waals surface area contributed by atoms with Crippen LogP contribution in [0.3, 0.4) is 0 Å². The van der Waals surface area contributed by atoms with E-state index in [9.17, 15) is 15.0 Å². The number of aliphatic hydroxyl groups excluding tert-OH is 2. The number of nitrogen functional groups attached to an aromatic ring is 1. The SMILES string of the molecule is CC(C)(C)OC(=O)N(Cc1ccccc1)C[C@@H]1C[C@H](O)[C@H](O)[C@H]1n1cnc2c(N)ncnc21. The van der Waals surface area contributed by atoms with Gasteiger partial charge in [-0.1, -0.05) is 30.3 Å². The first-order valence-electron chi connectivity index (χ1n) is 10.9. The molecule has 4 atom stereocenters. The standard InChI is InChI=1S/C23H30N6O4/c1-23(2,3)33-22(32)28(10-14-7-5-4-6-8-14)11-15-9-16(30)19(31)18(15)29-13-27-17-20(24)25-12-26-21(17)29/h4-8,12-13,15-16,18-19,30-31H,9-11H2,1-3H3,(H2,24,25,26)/t15-,16-,18-,19-/m0/s1. The van der Waals surface area contributed by atoms with E-state index in [0.29, 0.717) is 24.1 Å². The minimum Gasteiger partial charge on any atom is -0.444 e. The first-order valence-corrected chi connectivity index (χ1v) is 10.9. The summed E-state index contributed by atoms with van der Waals surface area (Å²) >= 11 is 0. The van der Waals surface area contributed by atoms with Crippen molar-refractivity contribution >= 4 is 23.1 Å². The Balaban J connectivity index is 1.65. The van der Waals surface area contributed by atoms with Crippen LogP contribution in [0.15, 0.2) is 43.0 Å². The second-order valence-corrected chi connectivity index (χ2v) is 9.47. The molecule has 1 amide bonds. The van der Waals surface area contributed by atoms with Crippen LogP contribution in [0.5, 0.6) is 0 Å². The molecule has 1 aromatic carbocycles. The Kier molecular flexibility index (Phi) is 6.22. The fourth-order valence-electron chi connectivity index (χ4n) is 4.37. The molecular formula is C23H30N6O4. The van der Waals surface area contributed by atoms with Crippen LogP contribution in [-0.2, 0) is 11.3 Å². The largest absolute Gasteiger partial charge is 0.444 e. The van der Waals surface area contributed by atoms with E-state index in [1.807, 2.05) is 51.1 Å². The molecule has 2 aromatic heterocycles. The summed E-state index contributed by atoms with van der Waals surface area (Å²) in [6.07, 6.45) is 0.729. The Morgan fingerprint density at radius 2 is 1.94 bits per heavy atom. The molecule has 3 aromatic rings. The highest BCUT2D eigenvalue weighted by Crippen LogP contribution is 2.39. The van der Waals surface area contributed by atoms with Gasteiger partial charge in [0, 0.05) is 19.0 Å². The maximum atomic E-state index is 13.1.